The summed E-state index contributed by atoms with van der Waals surface area (Å²) >= 11 is 0. The second kappa shape index (κ2) is 3.27. The van der Waals surface area contributed by atoms with Gasteiger partial charge in [-0.05, 0) is 19.9 Å². The first-order chi connectivity index (χ1) is 7.34. The van der Waals surface area contributed by atoms with Gasteiger partial charge < -0.3 is 5.32 Å². The first-order valence-electron chi connectivity index (χ1n) is 5.23. The standard InChI is InChI=1S/C10H13N5/c1-7-13-9-3-5-12-10(15(9)14-7)8-2-4-11-6-8/h3,5,8,11H,2,4,6H2,1H3. The molecule has 1 aliphatic rings. The van der Waals surface area contributed by atoms with Crippen LogP contribution in [0.4, 0.5) is 0 Å². The fraction of sp³-hybridized carbons (Fsp3) is 0.500. The maximum atomic E-state index is 4.42. The lowest BCUT2D eigenvalue weighted by Gasteiger charge is -2.08. The molecule has 3 heterocycles. The Hall–Kier alpha value is -1.49. The molecule has 0 radical (unpaired) electrons. The summed E-state index contributed by atoms with van der Waals surface area (Å²) in [7, 11) is 0. The van der Waals surface area contributed by atoms with Crippen molar-refractivity contribution >= 4 is 5.65 Å². The molecule has 15 heavy (non-hydrogen) atoms. The van der Waals surface area contributed by atoms with E-state index in [1.165, 1.54) is 0 Å². The summed E-state index contributed by atoms with van der Waals surface area (Å²) in [6.07, 6.45) is 2.95. The first kappa shape index (κ1) is 8.79. The molecule has 1 N–H and O–H groups in total. The zero-order valence-electron chi connectivity index (χ0n) is 8.64. The Kier molecular flexibility index (Phi) is 1.92. The maximum Gasteiger partial charge on any atom is 0.159 e. The van der Waals surface area contributed by atoms with Crippen molar-refractivity contribution in [2.75, 3.05) is 13.1 Å². The van der Waals surface area contributed by atoms with Crippen molar-refractivity contribution in [2.45, 2.75) is 19.3 Å². The lowest BCUT2D eigenvalue weighted by Crippen LogP contribution is -2.12. The van der Waals surface area contributed by atoms with Crippen LogP contribution in [-0.4, -0.2) is 32.7 Å². The van der Waals surface area contributed by atoms with Gasteiger partial charge in [-0.25, -0.2) is 9.97 Å². The summed E-state index contributed by atoms with van der Waals surface area (Å²) in [6, 6.07) is 1.89. The second-order valence-corrected chi connectivity index (χ2v) is 3.92. The van der Waals surface area contributed by atoms with Crippen LogP contribution in [-0.2, 0) is 0 Å². The van der Waals surface area contributed by atoms with Gasteiger partial charge in [-0.15, -0.1) is 5.10 Å². The number of nitrogens with zero attached hydrogens (tertiary/aromatic N) is 4. The number of fused-ring (bicyclic) bond motifs is 1. The summed E-state index contributed by atoms with van der Waals surface area (Å²) in [5.41, 5.74) is 0.893. The van der Waals surface area contributed by atoms with Crippen molar-refractivity contribution in [1.29, 1.82) is 0 Å². The van der Waals surface area contributed by atoms with Crippen molar-refractivity contribution in [3.05, 3.63) is 23.9 Å². The minimum atomic E-state index is 0.467. The Morgan fingerprint density at radius 1 is 1.53 bits per heavy atom. The van der Waals surface area contributed by atoms with Gasteiger partial charge in [0.05, 0.1) is 0 Å². The average molecular weight is 203 g/mol. The Morgan fingerprint density at radius 3 is 3.27 bits per heavy atom. The van der Waals surface area contributed by atoms with Crippen LogP contribution >= 0.6 is 0 Å². The first-order valence-corrected chi connectivity index (χ1v) is 5.23. The zero-order chi connectivity index (χ0) is 10.3. The number of rotatable bonds is 1. The molecule has 5 nitrogen and oxygen atoms in total. The van der Waals surface area contributed by atoms with Gasteiger partial charge in [0.1, 0.15) is 11.6 Å². The van der Waals surface area contributed by atoms with Gasteiger partial charge >= 0.3 is 0 Å². The van der Waals surface area contributed by atoms with E-state index in [0.29, 0.717) is 5.92 Å². The van der Waals surface area contributed by atoms with Gasteiger partial charge in [-0.1, -0.05) is 0 Å². The van der Waals surface area contributed by atoms with Crippen molar-refractivity contribution in [3.8, 4) is 0 Å². The molecule has 0 amide bonds. The quantitative estimate of drug-likeness (QED) is 0.733. The highest BCUT2D eigenvalue weighted by Crippen LogP contribution is 2.20. The van der Waals surface area contributed by atoms with Crippen molar-refractivity contribution < 1.29 is 0 Å². The van der Waals surface area contributed by atoms with Crippen LogP contribution in [0.15, 0.2) is 12.3 Å². The highest BCUT2D eigenvalue weighted by atomic mass is 15.3. The molecule has 1 fully saturated rings. The van der Waals surface area contributed by atoms with Crippen LogP contribution in [0.2, 0.25) is 0 Å². The SMILES string of the molecule is Cc1nc2ccnc(C3CCNC3)n2n1. The Labute approximate surface area is 87.5 Å². The van der Waals surface area contributed by atoms with E-state index in [0.717, 1.165) is 36.8 Å². The molecule has 3 rings (SSSR count). The monoisotopic (exact) mass is 203 g/mol. The molecule has 2 aromatic rings. The molecule has 1 atom stereocenters. The predicted octanol–water partition coefficient (Wildman–Crippen LogP) is 0.510. The molecule has 5 heteroatoms. The molecule has 0 bridgehead atoms. The lowest BCUT2D eigenvalue weighted by molar-refractivity contribution is 0.659. The summed E-state index contributed by atoms with van der Waals surface area (Å²) in [4.78, 5) is 8.76. The third-order valence-electron chi connectivity index (χ3n) is 2.81. The lowest BCUT2D eigenvalue weighted by atomic mass is 10.1. The van der Waals surface area contributed by atoms with Gasteiger partial charge in [0.2, 0.25) is 0 Å². The normalized spacial score (nSPS) is 21.3. The second-order valence-electron chi connectivity index (χ2n) is 3.92. The van der Waals surface area contributed by atoms with Gasteiger partial charge in [0.15, 0.2) is 5.65 Å². The Bertz CT molecular complexity index is 484. The Balaban J connectivity index is 2.16. The van der Waals surface area contributed by atoms with Crippen molar-refractivity contribution in [3.63, 3.8) is 0 Å². The topological polar surface area (TPSA) is 55.1 Å². The van der Waals surface area contributed by atoms with Crippen LogP contribution in [0, 0.1) is 6.92 Å². The summed E-state index contributed by atoms with van der Waals surface area (Å²) in [5, 5.41) is 7.71. The minimum absolute atomic E-state index is 0.467. The van der Waals surface area contributed by atoms with Crippen LogP contribution < -0.4 is 5.32 Å². The van der Waals surface area contributed by atoms with E-state index in [-0.39, 0.29) is 0 Å². The van der Waals surface area contributed by atoms with E-state index >= 15 is 0 Å². The molecule has 0 spiro atoms. The largest absolute Gasteiger partial charge is 0.316 e. The third kappa shape index (κ3) is 1.39. The average Bonchev–Trinajstić information content (AvgIpc) is 2.82. The number of aromatic nitrogens is 4. The van der Waals surface area contributed by atoms with E-state index < -0.39 is 0 Å². The van der Waals surface area contributed by atoms with Gasteiger partial charge in [-0.3, -0.25) is 0 Å². The molecule has 1 aliphatic heterocycles. The van der Waals surface area contributed by atoms with Crippen LogP contribution in [0.25, 0.3) is 5.65 Å². The highest BCUT2D eigenvalue weighted by molar-refractivity contribution is 5.36. The molecule has 0 aromatic carbocycles. The molecule has 78 valence electrons. The summed E-state index contributed by atoms with van der Waals surface area (Å²) in [5.74, 6) is 2.29. The zero-order valence-corrected chi connectivity index (χ0v) is 8.64. The van der Waals surface area contributed by atoms with E-state index in [9.17, 15) is 0 Å². The fourth-order valence-corrected chi connectivity index (χ4v) is 2.10. The summed E-state index contributed by atoms with van der Waals surface area (Å²) < 4.78 is 1.87. The maximum absolute atomic E-state index is 4.42. The molecular weight excluding hydrogens is 190 g/mol. The van der Waals surface area contributed by atoms with E-state index in [1.54, 1.807) is 0 Å². The van der Waals surface area contributed by atoms with E-state index in [2.05, 4.69) is 20.4 Å². The van der Waals surface area contributed by atoms with E-state index in [1.807, 2.05) is 23.7 Å². The van der Waals surface area contributed by atoms with Gasteiger partial charge in [-0.2, -0.15) is 4.52 Å². The van der Waals surface area contributed by atoms with Gasteiger partial charge in [0.25, 0.3) is 0 Å². The van der Waals surface area contributed by atoms with Crippen LogP contribution in [0.1, 0.15) is 24.0 Å². The fourth-order valence-electron chi connectivity index (χ4n) is 2.10. The molecule has 1 unspecified atom stereocenters. The highest BCUT2D eigenvalue weighted by Gasteiger charge is 2.21. The predicted molar refractivity (Wildman–Crippen MR) is 55.7 cm³/mol. The number of hydrogen-bond acceptors (Lipinski definition) is 4. The molecule has 1 saturated heterocycles. The summed E-state index contributed by atoms with van der Waals surface area (Å²) in [6.45, 7) is 3.96. The van der Waals surface area contributed by atoms with Crippen LogP contribution in [0.5, 0.6) is 0 Å². The minimum Gasteiger partial charge on any atom is -0.316 e. The molecule has 2 aromatic heterocycles. The number of nitrogens with one attached hydrogen (secondary N) is 1. The van der Waals surface area contributed by atoms with E-state index in [4.69, 9.17) is 0 Å². The van der Waals surface area contributed by atoms with Crippen molar-refractivity contribution in [2.24, 2.45) is 0 Å². The molecule has 0 aliphatic carbocycles. The number of hydrogen-bond donors (Lipinski definition) is 1. The molecular formula is C10H13N5. The third-order valence-corrected chi connectivity index (χ3v) is 2.81. The van der Waals surface area contributed by atoms with Crippen LogP contribution in [0.3, 0.4) is 0 Å². The van der Waals surface area contributed by atoms with Gasteiger partial charge in [0, 0.05) is 24.7 Å². The van der Waals surface area contributed by atoms with Crippen molar-refractivity contribution in [1.82, 2.24) is 24.9 Å². The molecule has 0 saturated carbocycles. The smallest absolute Gasteiger partial charge is 0.159 e. The number of aryl methyl sites for hydroxylation is 1. The Morgan fingerprint density at radius 2 is 2.47 bits per heavy atom.